The molecule has 0 aliphatic carbocycles. The molecule has 0 aromatic heterocycles. The van der Waals surface area contributed by atoms with Crippen molar-refractivity contribution in [3.63, 3.8) is 0 Å². The van der Waals surface area contributed by atoms with E-state index < -0.39 is 10.0 Å². The van der Waals surface area contributed by atoms with Gasteiger partial charge in [-0.15, -0.1) is 0 Å². The lowest BCUT2D eigenvalue weighted by molar-refractivity contribution is 0.0952. The first-order valence-corrected chi connectivity index (χ1v) is 10.2. The third kappa shape index (κ3) is 5.47. The van der Waals surface area contributed by atoms with Crippen molar-refractivity contribution >= 4 is 33.2 Å². The highest BCUT2D eigenvalue weighted by Crippen LogP contribution is 2.23. The monoisotopic (exact) mass is 394 g/mol. The van der Waals surface area contributed by atoms with Gasteiger partial charge in [-0.25, -0.2) is 8.42 Å². The second-order valence-corrected chi connectivity index (χ2v) is 8.65. The number of halogens is 1. The van der Waals surface area contributed by atoms with E-state index in [1.807, 2.05) is 0 Å². The summed E-state index contributed by atoms with van der Waals surface area (Å²) >= 11 is 5.93. The number of sulfonamides is 1. The molecule has 0 heterocycles. The summed E-state index contributed by atoms with van der Waals surface area (Å²) in [5.74, 6) is 0.289. The van der Waals surface area contributed by atoms with Gasteiger partial charge in [-0.05, 0) is 61.2 Å². The molecular weight excluding hydrogens is 372 g/mol. The van der Waals surface area contributed by atoms with Crippen LogP contribution < -0.4 is 10.0 Å². The van der Waals surface area contributed by atoms with Crippen LogP contribution in [0.4, 0.5) is 5.69 Å². The number of carbonyl (C=O) groups excluding carboxylic acids is 1. The summed E-state index contributed by atoms with van der Waals surface area (Å²) < 4.78 is 27.6. The lowest BCUT2D eigenvalue weighted by Gasteiger charge is -2.12. The molecule has 5 nitrogen and oxygen atoms in total. The standard InChI is InChI=1S/C19H23ClN2O3S/c1-13(2)10-11-21-19(23)15-5-8-17(9-6-15)26(24,25)22-18-12-16(20)7-4-14(18)3/h4-9,12-13,22H,10-11H2,1-3H3,(H,21,23). The molecule has 0 saturated heterocycles. The molecular formula is C19H23ClN2O3S. The lowest BCUT2D eigenvalue weighted by Crippen LogP contribution is -2.25. The maximum atomic E-state index is 12.5. The summed E-state index contributed by atoms with van der Waals surface area (Å²) in [5.41, 5.74) is 1.61. The number of hydrogen-bond donors (Lipinski definition) is 2. The topological polar surface area (TPSA) is 75.3 Å². The maximum Gasteiger partial charge on any atom is 0.261 e. The van der Waals surface area contributed by atoms with Crippen molar-refractivity contribution in [1.82, 2.24) is 5.32 Å². The second-order valence-electron chi connectivity index (χ2n) is 6.53. The van der Waals surface area contributed by atoms with Crippen LogP contribution in [-0.4, -0.2) is 20.9 Å². The smallest absolute Gasteiger partial charge is 0.261 e. The molecule has 0 saturated carbocycles. The lowest BCUT2D eigenvalue weighted by atomic mass is 10.1. The zero-order chi connectivity index (χ0) is 19.3. The van der Waals surface area contributed by atoms with Crippen LogP contribution in [0.25, 0.3) is 0 Å². The fourth-order valence-corrected chi connectivity index (χ4v) is 3.56. The first-order chi connectivity index (χ1) is 12.2. The Hall–Kier alpha value is -2.05. The van der Waals surface area contributed by atoms with Gasteiger partial charge in [0.2, 0.25) is 0 Å². The van der Waals surface area contributed by atoms with Gasteiger partial charge in [0.05, 0.1) is 10.6 Å². The molecule has 0 aliphatic heterocycles. The molecule has 2 rings (SSSR count). The largest absolute Gasteiger partial charge is 0.352 e. The van der Waals surface area contributed by atoms with Crippen LogP contribution in [0.1, 0.15) is 36.2 Å². The Labute approximate surface area is 159 Å². The highest BCUT2D eigenvalue weighted by molar-refractivity contribution is 7.92. The number of nitrogens with one attached hydrogen (secondary N) is 2. The van der Waals surface area contributed by atoms with Crippen LogP contribution in [-0.2, 0) is 10.0 Å². The van der Waals surface area contributed by atoms with E-state index in [0.717, 1.165) is 12.0 Å². The van der Waals surface area contributed by atoms with Gasteiger partial charge in [-0.1, -0.05) is 31.5 Å². The highest BCUT2D eigenvalue weighted by atomic mass is 35.5. The van der Waals surface area contributed by atoms with Crippen LogP contribution in [0, 0.1) is 12.8 Å². The van der Waals surface area contributed by atoms with Crippen molar-refractivity contribution in [3.05, 3.63) is 58.6 Å². The number of aryl methyl sites for hydroxylation is 1. The third-order valence-electron chi connectivity index (χ3n) is 3.88. The molecule has 26 heavy (non-hydrogen) atoms. The van der Waals surface area contributed by atoms with Gasteiger partial charge < -0.3 is 5.32 Å². The average molecular weight is 395 g/mol. The Morgan fingerprint density at radius 3 is 2.38 bits per heavy atom. The summed E-state index contributed by atoms with van der Waals surface area (Å²) in [7, 11) is -3.76. The average Bonchev–Trinajstić information content (AvgIpc) is 2.57. The SMILES string of the molecule is Cc1ccc(Cl)cc1NS(=O)(=O)c1ccc(C(=O)NCCC(C)C)cc1. The van der Waals surface area contributed by atoms with E-state index in [0.29, 0.717) is 28.7 Å². The molecule has 0 unspecified atom stereocenters. The number of anilines is 1. The summed E-state index contributed by atoms with van der Waals surface area (Å²) in [6, 6.07) is 10.8. The molecule has 0 bridgehead atoms. The van der Waals surface area contributed by atoms with Crippen LogP contribution in [0.5, 0.6) is 0 Å². The molecule has 0 aliphatic rings. The number of benzene rings is 2. The van der Waals surface area contributed by atoms with Crippen LogP contribution in [0.15, 0.2) is 47.4 Å². The normalized spacial score (nSPS) is 11.4. The first kappa shape index (κ1) is 20.3. The summed E-state index contributed by atoms with van der Waals surface area (Å²) in [6.45, 7) is 6.55. The summed E-state index contributed by atoms with van der Waals surface area (Å²) in [6.07, 6.45) is 0.890. The molecule has 0 fully saturated rings. The second kappa shape index (κ2) is 8.56. The van der Waals surface area contributed by atoms with Gasteiger partial charge in [-0.2, -0.15) is 0 Å². The number of hydrogen-bond acceptors (Lipinski definition) is 3. The van der Waals surface area contributed by atoms with Gasteiger partial charge in [0, 0.05) is 17.1 Å². The minimum absolute atomic E-state index is 0.0793. The summed E-state index contributed by atoms with van der Waals surface area (Å²) in [5, 5.41) is 3.27. The van der Waals surface area contributed by atoms with E-state index >= 15 is 0 Å². The summed E-state index contributed by atoms with van der Waals surface area (Å²) in [4.78, 5) is 12.1. The van der Waals surface area contributed by atoms with Gasteiger partial charge in [0.25, 0.3) is 15.9 Å². The van der Waals surface area contributed by atoms with Crippen molar-refractivity contribution in [2.45, 2.75) is 32.1 Å². The van der Waals surface area contributed by atoms with E-state index in [1.54, 1.807) is 25.1 Å². The van der Waals surface area contributed by atoms with Crippen molar-refractivity contribution < 1.29 is 13.2 Å². The van der Waals surface area contributed by atoms with E-state index in [4.69, 9.17) is 11.6 Å². The fraction of sp³-hybridized carbons (Fsp3) is 0.316. The van der Waals surface area contributed by atoms with Crippen molar-refractivity contribution in [3.8, 4) is 0 Å². The number of carbonyl (C=O) groups is 1. The Morgan fingerprint density at radius 2 is 1.77 bits per heavy atom. The minimum Gasteiger partial charge on any atom is -0.352 e. The third-order valence-corrected chi connectivity index (χ3v) is 5.49. The Kier molecular flexibility index (Phi) is 6.67. The predicted octanol–water partition coefficient (Wildman–Crippen LogP) is 4.23. The molecule has 7 heteroatoms. The Morgan fingerprint density at radius 1 is 1.12 bits per heavy atom. The van der Waals surface area contributed by atoms with Gasteiger partial charge >= 0.3 is 0 Å². The van der Waals surface area contributed by atoms with E-state index in [9.17, 15) is 13.2 Å². The van der Waals surface area contributed by atoms with Gasteiger partial charge in [-0.3, -0.25) is 9.52 Å². The Bertz CT molecular complexity index is 878. The molecule has 140 valence electrons. The molecule has 0 spiro atoms. The molecule has 2 aromatic carbocycles. The molecule has 0 radical (unpaired) electrons. The van der Waals surface area contributed by atoms with Crippen LogP contribution in [0.3, 0.4) is 0 Å². The molecule has 2 N–H and O–H groups in total. The van der Waals surface area contributed by atoms with Crippen LogP contribution in [0.2, 0.25) is 5.02 Å². The van der Waals surface area contributed by atoms with E-state index in [1.165, 1.54) is 24.3 Å². The predicted molar refractivity (Wildman–Crippen MR) is 105 cm³/mol. The quantitative estimate of drug-likeness (QED) is 0.738. The van der Waals surface area contributed by atoms with Crippen molar-refractivity contribution in [1.29, 1.82) is 0 Å². The molecule has 1 amide bonds. The zero-order valence-electron chi connectivity index (χ0n) is 15.0. The van der Waals surface area contributed by atoms with Crippen LogP contribution >= 0.6 is 11.6 Å². The highest BCUT2D eigenvalue weighted by Gasteiger charge is 2.16. The number of rotatable bonds is 7. The fourth-order valence-electron chi connectivity index (χ4n) is 2.27. The molecule has 2 aromatic rings. The van der Waals surface area contributed by atoms with E-state index in [2.05, 4.69) is 23.9 Å². The minimum atomic E-state index is -3.76. The van der Waals surface area contributed by atoms with Gasteiger partial charge in [0.1, 0.15) is 0 Å². The first-order valence-electron chi connectivity index (χ1n) is 8.36. The number of amides is 1. The Balaban J connectivity index is 2.11. The molecule has 0 atom stereocenters. The van der Waals surface area contributed by atoms with Gasteiger partial charge in [0.15, 0.2) is 0 Å². The van der Waals surface area contributed by atoms with E-state index in [-0.39, 0.29) is 10.8 Å². The maximum absolute atomic E-state index is 12.5. The van der Waals surface area contributed by atoms with Crippen molar-refractivity contribution in [2.24, 2.45) is 5.92 Å². The van der Waals surface area contributed by atoms with Crippen molar-refractivity contribution in [2.75, 3.05) is 11.3 Å². The zero-order valence-corrected chi connectivity index (χ0v) is 16.6.